The summed E-state index contributed by atoms with van der Waals surface area (Å²) in [7, 11) is 1.36. The van der Waals surface area contributed by atoms with E-state index < -0.39 is 5.97 Å². The molecule has 1 aromatic heterocycles. The Morgan fingerprint density at radius 1 is 1.16 bits per heavy atom. The Hall–Kier alpha value is -2.30. The van der Waals surface area contributed by atoms with Crippen LogP contribution in [0, 0.1) is 5.92 Å². The maximum Gasteiger partial charge on any atom is 0.340 e. The number of para-hydroxylation sites is 1. The molecule has 0 aliphatic carbocycles. The number of aromatic nitrogens is 1. The molecule has 0 radical (unpaired) electrons. The molecule has 0 aliphatic rings. The van der Waals surface area contributed by atoms with Crippen LogP contribution in [0.1, 0.15) is 50.4 Å². The highest BCUT2D eigenvalue weighted by atomic mass is 16.5. The summed E-state index contributed by atoms with van der Waals surface area (Å²) in [5, 5.41) is 3.84. The van der Waals surface area contributed by atoms with Crippen LogP contribution in [0.3, 0.4) is 0 Å². The minimum Gasteiger partial charge on any atom is -0.465 e. The predicted octanol–water partition coefficient (Wildman–Crippen LogP) is 3.76. The Morgan fingerprint density at radius 3 is 2.56 bits per heavy atom. The number of amides is 1. The summed E-state index contributed by atoms with van der Waals surface area (Å²) in [6.07, 6.45) is 4.95. The van der Waals surface area contributed by atoms with Gasteiger partial charge < -0.3 is 14.6 Å². The van der Waals surface area contributed by atoms with Crippen molar-refractivity contribution in [2.45, 2.75) is 52.6 Å². The number of esters is 1. The van der Waals surface area contributed by atoms with Crippen LogP contribution in [0.15, 0.2) is 30.5 Å². The molecular formula is C20H28N2O3. The molecule has 5 heteroatoms. The Labute approximate surface area is 149 Å². The lowest BCUT2D eigenvalue weighted by molar-refractivity contribution is -0.122. The smallest absolute Gasteiger partial charge is 0.340 e. The quantitative estimate of drug-likeness (QED) is 0.742. The molecule has 1 atom stereocenters. The molecule has 1 N–H and O–H groups in total. The fourth-order valence-electron chi connectivity index (χ4n) is 3.03. The maximum atomic E-state index is 12.4. The van der Waals surface area contributed by atoms with Crippen LogP contribution in [0.2, 0.25) is 0 Å². The van der Waals surface area contributed by atoms with Crippen LogP contribution < -0.4 is 5.32 Å². The van der Waals surface area contributed by atoms with E-state index in [0.29, 0.717) is 11.5 Å². The summed E-state index contributed by atoms with van der Waals surface area (Å²) in [4.78, 5) is 24.3. The fraction of sp³-hybridized carbons (Fsp3) is 0.500. The lowest BCUT2D eigenvalue weighted by Crippen LogP contribution is -2.35. The second-order valence-electron chi connectivity index (χ2n) is 6.97. The van der Waals surface area contributed by atoms with E-state index in [1.54, 1.807) is 10.8 Å². The second kappa shape index (κ2) is 8.70. The first-order valence-corrected chi connectivity index (χ1v) is 8.88. The van der Waals surface area contributed by atoms with Gasteiger partial charge in [0.05, 0.1) is 12.7 Å². The summed E-state index contributed by atoms with van der Waals surface area (Å²) < 4.78 is 6.64. The SMILES string of the molecule is COC(=O)c1cn(CC(=O)NC(C)CCCC(C)C)c2ccccc12. The molecule has 2 aromatic rings. The highest BCUT2D eigenvalue weighted by Crippen LogP contribution is 2.22. The molecular weight excluding hydrogens is 316 g/mol. The van der Waals surface area contributed by atoms with E-state index in [1.807, 2.05) is 31.2 Å². The molecule has 0 spiro atoms. The van der Waals surface area contributed by atoms with Crippen LogP contribution in [-0.2, 0) is 16.1 Å². The molecule has 2 rings (SSSR count). The Morgan fingerprint density at radius 2 is 1.88 bits per heavy atom. The fourth-order valence-corrected chi connectivity index (χ4v) is 3.03. The molecule has 0 bridgehead atoms. The first kappa shape index (κ1) is 19.0. The lowest BCUT2D eigenvalue weighted by Gasteiger charge is -2.15. The first-order chi connectivity index (χ1) is 11.9. The third-order valence-electron chi connectivity index (χ3n) is 4.33. The molecule has 0 aliphatic heterocycles. The number of methoxy groups -OCH3 is 1. The van der Waals surface area contributed by atoms with Crippen molar-refractivity contribution in [1.82, 2.24) is 9.88 Å². The molecule has 1 amide bonds. The zero-order chi connectivity index (χ0) is 18.4. The Balaban J connectivity index is 2.04. The zero-order valence-electron chi connectivity index (χ0n) is 15.5. The maximum absolute atomic E-state index is 12.4. The normalized spacial score (nSPS) is 12.4. The summed E-state index contributed by atoms with van der Waals surface area (Å²) in [6, 6.07) is 7.68. The predicted molar refractivity (Wildman–Crippen MR) is 99.6 cm³/mol. The third-order valence-corrected chi connectivity index (χ3v) is 4.33. The van der Waals surface area contributed by atoms with Crippen molar-refractivity contribution < 1.29 is 14.3 Å². The van der Waals surface area contributed by atoms with Gasteiger partial charge in [-0.2, -0.15) is 0 Å². The van der Waals surface area contributed by atoms with Crippen molar-refractivity contribution in [2.24, 2.45) is 5.92 Å². The van der Waals surface area contributed by atoms with Gasteiger partial charge in [-0.3, -0.25) is 4.79 Å². The molecule has 0 saturated heterocycles. The first-order valence-electron chi connectivity index (χ1n) is 8.88. The van der Waals surface area contributed by atoms with Gasteiger partial charge in [0, 0.05) is 23.1 Å². The second-order valence-corrected chi connectivity index (χ2v) is 6.97. The van der Waals surface area contributed by atoms with E-state index in [4.69, 9.17) is 4.74 Å². The summed E-state index contributed by atoms with van der Waals surface area (Å²) in [6.45, 7) is 6.64. The largest absolute Gasteiger partial charge is 0.465 e. The van der Waals surface area contributed by atoms with Crippen molar-refractivity contribution in [3.8, 4) is 0 Å². The van der Waals surface area contributed by atoms with Crippen LogP contribution in [0.5, 0.6) is 0 Å². The number of hydrogen-bond acceptors (Lipinski definition) is 3. The van der Waals surface area contributed by atoms with Crippen molar-refractivity contribution in [1.29, 1.82) is 0 Å². The number of nitrogens with one attached hydrogen (secondary N) is 1. The van der Waals surface area contributed by atoms with Gasteiger partial charge in [0.15, 0.2) is 0 Å². The number of ether oxygens (including phenoxy) is 1. The summed E-state index contributed by atoms with van der Waals surface area (Å²) >= 11 is 0. The summed E-state index contributed by atoms with van der Waals surface area (Å²) in [5.74, 6) is 0.248. The number of carbonyl (C=O) groups is 2. The van der Waals surface area contributed by atoms with Gasteiger partial charge in [0.1, 0.15) is 6.54 Å². The number of rotatable bonds is 8. The zero-order valence-corrected chi connectivity index (χ0v) is 15.5. The van der Waals surface area contributed by atoms with Crippen molar-refractivity contribution in [3.63, 3.8) is 0 Å². The molecule has 25 heavy (non-hydrogen) atoms. The Kier molecular flexibility index (Phi) is 6.62. The van der Waals surface area contributed by atoms with E-state index in [9.17, 15) is 9.59 Å². The van der Waals surface area contributed by atoms with Gasteiger partial charge in [0.25, 0.3) is 0 Å². The molecule has 5 nitrogen and oxygen atoms in total. The van der Waals surface area contributed by atoms with E-state index in [1.165, 1.54) is 13.5 Å². The number of nitrogens with zero attached hydrogens (tertiary/aromatic N) is 1. The van der Waals surface area contributed by atoms with E-state index >= 15 is 0 Å². The summed E-state index contributed by atoms with van der Waals surface area (Å²) in [5.41, 5.74) is 1.33. The molecule has 0 saturated carbocycles. The average molecular weight is 344 g/mol. The van der Waals surface area contributed by atoms with Gasteiger partial charge >= 0.3 is 5.97 Å². The van der Waals surface area contributed by atoms with Gasteiger partial charge in [-0.1, -0.05) is 44.9 Å². The number of hydrogen-bond donors (Lipinski definition) is 1. The molecule has 0 fully saturated rings. The topological polar surface area (TPSA) is 60.3 Å². The number of carbonyl (C=O) groups excluding carboxylic acids is 2. The molecule has 1 unspecified atom stereocenters. The van der Waals surface area contributed by atoms with Crippen LogP contribution in [-0.4, -0.2) is 29.6 Å². The van der Waals surface area contributed by atoms with Gasteiger partial charge in [-0.25, -0.2) is 4.79 Å². The van der Waals surface area contributed by atoms with Crippen LogP contribution >= 0.6 is 0 Å². The molecule has 136 valence electrons. The number of fused-ring (bicyclic) bond motifs is 1. The molecule has 1 heterocycles. The van der Waals surface area contributed by atoms with Gasteiger partial charge in [-0.05, 0) is 25.3 Å². The van der Waals surface area contributed by atoms with Crippen molar-refractivity contribution >= 4 is 22.8 Å². The van der Waals surface area contributed by atoms with Gasteiger partial charge in [0.2, 0.25) is 5.91 Å². The minimum atomic E-state index is -0.391. The molecule has 1 aromatic carbocycles. The minimum absolute atomic E-state index is 0.0470. The third kappa shape index (κ3) is 5.08. The van der Waals surface area contributed by atoms with E-state index in [-0.39, 0.29) is 18.5 Å². The average Bonchev–Trinajstić information content (AvgIpc) is 2.92. The van der Waals surface area contributed by atoms with Crippen LogP contribution in [0.4, 0.5) is 0 Å². The Bertz CT molecular complexity index is 734. The number of benzene rings is 1. The standard InChI is InChI=1S/C20H28N2O3/c1-14(2)8-7-9-15(3)21-19(23)13-22-12-17(20(24)25-4)16-10-5-6-11-18(16)22/h5-6,10-12,14-15H,7-9,13H2,1-4H3,(H,21,23). The van der Waals surface area contributed by atoms with Crippen molar-refractivity contribution in [3.05, 3.63) is 36.0 Å². The monoisotopic (exact) mass is 344 g/mol. The highest BCUT2D eigenvalue weighted by molar-refractivity contribution is 6.04. The van der Waals surface area contributed by atoms with E-state index in [2.05, 4.69) is 19.2 Å². The van der Waals surface area contributed by atoms with Crippen molar-refractivity contribution in [2.75, 3.05) is 7.11 Å². The lowest BCUT2D eigenvalue weighted by atomic mass is 10.0. The van der Waals surface area contributed by atoms with Gasteiger partial charge in [-0.15, -0.1) is 0 Å². The van der Waals surface area contributed by atoms with E-state index in [0.717, 1.165) is 23.7 Å². The van der Waals surface area contributed by atoms with Crippen LogP contribution in [0.25, 0.3) is 10.9 Å². The highest BCUT2D eigenvalue weighted by Gasteiger charge is 2.17.